The van der Waals surface area contributed by atoms with Gasteiger partial charge in [-0.1, -0.05) is 6.92 Å². The van der Waals surface area contributed by atoms with Crippen molar-refractivity contribution in [3.63, 3.8) is 0 Å². The predicted octanol–water partition coefficient (Wildman–Crippen LogP) is 1.93. The molecule has 96 valence electrons. The molecule has 0 saturated carbocycles. The molecule has 0 aliphatic heterocycles. The molecule has 2 heterocycles. The van der Waals surface area contributed by atoms with Crippen LogP contribution in [0.5, 0.6) is 0 Å². The molecule has 0 bridgehead atoms. The van der Waals surface area contributed by atoms with Gasteiger partial charge >= 0.3 is 0 Å². The number of nitrogens with one attached hydrogen (secondary N) is 2. The lowest BCUT2D eigenvalue weighted by Gasteiger charge is -2.04. The average molecular weight is 331 g/mol. The van der Waals surface area contributed by atoms with E-state index in [2.05, 4.69) is 35.6 Å². The number of imidazole rings is 1. The summed E-state index contributed by atoms with van der Waals surface area (Å²) in [6.07, 6.45) is 3.45. The Hall–Kier alpha value is -1.41. The van der Waals surface area contributed by atoms with Gasteiger partial charge < -0.3 is 4.98 Å². The molecular weight excluding hydrogens is 320 g/mol. The smallest absolute Gasteiger partial charge is 0.280 e. The van der Waals surface area contributed by atoms with Gasteiger partial charge in [-0.05, 0) is 28.1 Å². The first-order valence-corrected chi connectivity index (χ1v) is 7.47. The molecule has 0 amide bonds. The standard InChI is InChI=1S/C10H11BrN4O2S/c1-2-8-13-6-10(14-8)18(16,17)15-9-4-3-7(11)5-12-9/h3-6H,2H2,1H3,(H,12,15)(H,13,14). The number of nitrogens with zero attached hydrogens (tertiary/aromatic N) is 2. The van der Waals surface area contributed by atoms with Crippen molar-refractivity contribution in [2.75, 3.05) is 4.72 Å². The number of halogens is 1. The van der Waals surface area contributed by atoms with E-state index in [1.807, 2.05) is 6.92 Å². The summed E-state index contributed by atoms with van der Waals surface area (Å²) in [7, 11) is -3.66. The number of anilines is 1. The predicted molar refractivity (Wildman–Crippen MR) is 70.7 cm³/mol. The van der Waals surface area contributed by atoms with Gasteiger partial charge in [0.15, 0.2) is 5.03 Å². The first-order chi connectivity index (χ1) is 8.51. The molecule has 0 aliphatic carbocycles. The van der Waals surface area contributed by atoms with Gasteiger partial charge in [0.2, 0.25) is 0 Å². The molecule has 0 unspecified atom stereocenters. The molecule has 0 saturated heterocycles. The third-order valence-corrected chi connectivity index (χ3v) is 3.93. The van der Waals surface area contributed by atoms with Crippen molar-refractivity contribution in [2.45, 2.75) is 18.4 Å². The van der Waals surface area contributed by atoms with Gasteiger partial charge in [-0.3, -0.25) is 4.72 Å². The van der Waals surface area contributed by atoms with Crippen molar-refractivity contribution in [3.8, 4) is 0 Å². The average Bonchev–Trinajstić information content (AvgIpc) is 2.81. The van der Waals surface area contributed by atoms with E-state index in [9.17, 15) is 8.42 Å². The van der Waals surface area contributed by atoms with Crippen LogP contribution in [0.2, 0.25) is 0 Å². The van der Waals surface area contributed by atoms with Crippen LogP contribution >= 0.6 is 15.9 Å². The van der Waals surface area contributed by atoms with Crippen LogP contribution in [0.1, 0.15) is 12.7 Å². The number of aryl methyl sites for hydroxylation is 1. The Bertz CT molecular complexity index is 636. The van der Waals surface area contributed by atoms with Crippen molar-refractivity contribution >= 4 is 31.8 Å². The molecule has 6 nitrogen and oxygen atoms in total. The van der Waals surface area contributed by atoms with Gasteiger partial charge in [0.25, 0.3) is 10.0 Å². The van der Waals surface area contributed by atoms with Gasteiger partial charge in [-0.25, -0.2) is 9.97 Å². The quantitative estimate of drug-likeness (QED) is 0.896. The normalized spacial score (nSPS) is 11.4. The van der Waals surface area contributed by atoms with Crippen LogP contribution in [-0.4, -0.2) is 23.4 Å². The summed E-state index contributed by atoms with van der Waals surface area (Å²) >= 11 is 3.23. The third-order valence-electron chi connectivity index (χ3n) is 2.20. The fourth-order valence-electron chi connectivity index (χ4n) is 1.29. The number of aromatic nitrogens is 3. The number of H-pyrrole nitrogens is 1. The largest absolute Gasteiger partial charge is 0.332 e. The SMILES string of the molecule is CCc1ncc(S(=O)(=O)Nc2ccc(Br)cn2)[nH]1. The zero-order valence-electron chi connectivity index (χ0n) is 9.51. The fraction of sp³-hybridized carbons (Fsp3) is 0.200. The maximum absolute atomic E-state index is 12.0. The summed E-state index contributed by atoms with van der Waals surface area (Å²) in [6.45, 7) is 1.89. The number of sulfonamides is 1. The summed E-state index contributed by atoms with van der Waals surface area (Å²) in [5.41, 5.74) is 0. The van der Waals surface area contributed by atoms with Crippen LogP contribution in [0, 0.1) is 0 Å². The van der Waals surface area contributed by atoms with Crippen molar-refractivity contribution in [1.82, 2.24) is 15.0 Å². The monoisotopic (exact) mass is 330 g/mol. The highest BCUT2D eigenvalue weighted by atomic mass is 79.9. The maximum atomic E-state index is 12.0. The minimum Gasteiger partial charge on any atom is -0.332 e. The number of hydrogen-bond acceptors (Lipinski definition) is 4. The zero-order valence-corrected chi connectivity index (χ0v) is 11.9. The Labute approximate surface area is 113 Å². The molecule has 0 aromatic carbocycles. The second kappa shape index (κ2) is 5.07. The summed E-state index contributed by atoms with van der Waals surface area (Å²) < 4.78 is 27.1. The van der Waals surface area contributed by atoms with Gasteiger partial charge in [0.1, 0.15) is 11.6 Å². The fourth-order valence-corrected chi connectivity index (χ4v) is 2.47. The maximum Gasteiger partial charge on any atom is 0.280 e. The third kappa shape index (κ3) is 2.88. The first-order valence-electron chi connectivity index (χ1n) is 5.19. The molecule has 2 N–H and O–H groups in total. The van der Waals surface area contributed by atoms with Gasteiger partial charge in [0, 0.05) is 17.1 Å². The van der Waals surface area contributed by atoms with E-state index in [0.717, 1.165) is 4.47 Å². The number of rotatable bonds is 4. The molecule has 0 aliphatic rings. The van der Waals surface area contributed by atoms with Crippen molar-refractivity contribution < 1.29 is 8.42 Å². The van der Waals surface area contributed by atoms with E-state index >= 15 is 0 Å². The summed E-state index contributed by atoms with van der Waals surface area (Å²) in [5.74, 6) is 0.880. The molecule has 2 aromatic rings. The topological polar surface area (TPSA) is 87.7 Å². The Morgan fingerprint density at radius 2 is 2.11 bits per heavy atom. The molecular formula is C10H11BrN4O2S. The van der Waals surface area contributed by atoms with E-state index < -0.39 is 10.0 Å². The molecule has 0 fully saturated rings. The highest BCUT2D eigenvalue weighted by Crippen LogP contribution is 2.15. The molecule has 0 radical (unpaired) electrons. The van der Waals surface area contributed by atoms with Crippen LogP contribution in [0.4, 0.5) is 5.82 Å². The lowest BCUT2D eigenvalue weighted by molar-refractivity contribution is 0.597. The van der Waals surface area contributed by atoms with Gasteiger partial charge in [0.05, 0.1) is 6.20 Å². The Balaban J connectivity index is 2.24. The molecule has 0 atom stereocenters. The molecule has 0 spiro atoms. The van der Waals surface area contributed by atoms with E-state index in [1.165, 1.54) is 12.4 Å². The second-order valence-electron chi connectivity index (χ2n) is 3.51. The van der Waals surface area contributed by atoms with Crippen LogP contribution in [0.3, 0.4) is 0 Å². The number of hydrogen-bond donors (Lipinski definition) is 2. The highest BCUT2D eigenvalue weighted by molar-refractivity contribution is 9.10. The second-order valence-corrected chi connectivity index (χ2v) is 6.08. The Morgan fingerprint density at radius 3 is 2.67 bits per heavy atom. The highest BCUT2D eigenvalue weighted by Gasteiger charge is 2.17. The summed E-state index contributed by atoms with van der Waals surface area (Å²) in [6, 6.07) is 3.27. The number of aromatic amines is 1. The van der Waals surface area contributed by atoms with E-state index in [4.69, 9.17) is 0 Å². The van der Waals surface area contributed by atoms with E-state index in [0.29, 0.717) is 12.2 Å². The summed E-state index contributed by atoms with van der Waals surface area (Å²) in [5, 5.41) is 0.0315. The van der Waals surface area contributed by atoms with Crippen LogP contribution < -0.4 is 4.72 Å². The Kier molecular flexibility index (Phi) is 3.67. The van der Waals surface area contributed by atoms with E-state index in [1.54, 1.807) is 12.1 Å². The molecule has 8 heteroatoms. The number of pyridine rings is 1. The van der Waals surface area contributed by atoms with Crippen LogP contribution in [0.25, 0.3) is 0 Å². The van der Waals surface area contributed by atoms with Gasteiger partial charge in [-0.15, -0.1) is 0 Å². The molecule has 2 aromatic heterocycles. The first kappa shape index (κ1) is 13.0. The lowest BCUT2D eigenvalue weighted by atomic mass is 10.5. The van der Waals surface area contributed by atoms with Crippen LogP contribution in [0.15, 0.2) is 34.0 Å². The van der Waals surface area contributed by atoms with E-state index in [-0.39, 0.29) is 10.8 Å². The zero-order chi connectivity index (χ0) is 13.2. The Morgan fingerprint density at radius 1 is 1.33 bits per heavy atom. The lowest BCUT2D eigenvalue weighted by Crippen LogP contribution is -2.14. The van der Waals surface area contributed by atoms with Crippen molar-refractivity contribution in [2.24, 2.45) is 0 Å². The van der Waals surface area contributed by atoms with Crippen molar-refractivity contribution in [3.05, 3.63) is 34.8 Å². The van der Waals surface area contributed by atoms with Gasteiger partial charge in [-0.2, -0.15) is 8.42 Å². The minimum absolute atomic E-state index is 0.0315. The summed E-state index contributed by atoms with van der Waals surface area (Å²) in [4.78, 5) is 10.6. The minimum atomic E-state index is -3.66. The molecule has 2 rings (SSSR count). The van der Waals surface area contributed by atoms with Crippen LogP contribution in [-0.2, 0) is 16.4 Å². The van der Waals surface area contributed by atoms with Crippen molar-refractivity contribution in [1.29, 1.82) is 0 Å². The molecule has 18 heavy (non-hydrogen) atoms.